The molecule has 2 N–H and O–H groups in total. The first kappa shape index (κ1) is 17.5. The van der Waals surface area contributed by atoms with Crippen LogP contribution in [0.2, 0.25) is 0 Å². The van der Waals surface area contributed by atoms with Gasteiger partial charge in [0, 0.05) is 12.6 Å². The van der Waals surface area contributed by atoms with E-state index in [1.165, 1.54) is 44.1 Å². The molecule has 2 aromatic rings. The molecule has 25 heavy (non-hydrogen) atoms. The fourth-order valence-corrected chi connectivity index (χ4v) is 3.33. The number of nitrogens with one attached hydrogen (secondary N) is 2. The van der Waals surface area contributed by atoms with Gasteiger partial charge in [0.2, 0.25) is 0 Å². The van der Waals surface area contributed by atoms with Crippen LogP contribution in [0.4, 0.5) is 5.69 Å². The molecule has 132 valence electrons. The van der Waals surface area contributed by atoms with Crippen LogP contribution in [-0.2, 0) is 6.42 Å². The van der Waals surface area contributed by atoms with Crippen molar-refractivity contribution >= 4 is 11.6 Å². The highest BCUT2D eigenvalue weighted by molar-refractivity contribution is 5.92. The monoisotopic (exact) mass is 337 g/mol. The molecule has 0 bridgehead atoms. The van der Waals surface area contributed by atoms with Crippen molar-refractivity contribution in [3.63, 3.8) is 0 Å². The van der Waals surface area contributed by atoms with Gasteiger partial charge in [0.1, 0.15) is 5.69 Å². The lowest BCUT2D eigenvalue weighted by Crippen LogP contribution is -2.26. The smallest absolute Gasteiger partial charge is 0.269 e. The third-order valence-corrected chi connectivity index (χ3v) is 4.76. The van der Waals surface area contributed by atoms with Crippen LogP contribution in [0.1, 0.15) is 54.6 Å². The standard InChI is InChI=1S/C21H27N3O/c25-21(22-15-14-17-8-4-3-5-9-17)20-13-12-19(16-23-20)24-18-10-6-1-2-7-11-18/h3-5,8-9,12-13,16,18,24H,1-2,6-7,10-11,14-15H2,(H,22,25). The van der Waals surface area contributed by atoms with Gasteiger partial charge >= 0.3 is 0 Å². The van der Waals surface area contributed by atoms with Crippen molar-refractivity contribution in [2.24, 2.45) is 0 Å². The van der Waals surface area contributed by atoms with E-state index in [0.29, 0.717) is 18.3 Å². The number of amides is 1. The molecule has 0 aliphatic heterocycles. The van der Waals surface area contributed by atoms with E-state index in [2.05, 4.69) is 27.8 Å². The molecular formula is C21H27N3O. The number of anilines is 1. The summed E-state index contributed by atoms with van der Waals surface area (Å²) in [7, 11) is 0. The average molecular weight is 337 g/mol. The Kier molecular flexibility index (Phi) is 6.43. The Balaban J connectivity index is 1.46. The summed E-state index contributed by atoms with van der Waals surface area (Å²) in [5.74, 6) is -0.114. The van der Waals surface area contributed by atoms with Crippen molar-refractivity contribution in [3.05, 3.63) is 59.9 Å². The number of carbonyl (C=O) groups is 1. The predicted molar refractivity (Wildman–Crippen MR) is 102 cm³/mol. The number of rotatable bonds is 6. The first-order valence-corrected chi connectivity index (χ1v) is 9.36. The van der Waals surface area contributed by atoms with E-state index < -0.39 is 0 Å². The summed E-state index contributed by atoms with van der Waals surface area (Å²) in [5.41, 5.74) is 2.70. The van der Waals surface area contributed by atoms with E-state index in [4.69, 9.17) is 0 Å². The van der Waals surface area contributed by atoms with Crippen molar-refractivity contribution in [1.82, 2.24) is 10.3 Å². The maximum Gasteiger partial charge on any atom is 0.269 e. The molecule has 0 saturated heterocycles. The minimum atomic E-state index is -0.114. The SMILES string of the molecule is O=C(NCCc1ccccc1)c1ccc(NC2CCCCCC2)cn1. The summed E-state index contributed by atoms with van der Waals surface area (Å²) in [5, 5.41) is 6.49. The predicted octanol–water partition coefficient (Wildman–Crippen LogP) is 4.19. The minimum Gasteiger partial charge on any atom is -0.381 e. The van der Waals surface area contributed by atoms with Crippen molar-refractivity contribution in [3.8, 4) is 0 Å². The second-order valence-electron chi connectivity index (χ2n) is 6.76. The highest BCUT2D eigenvalue weighted by atomic mass is 16.1. The molecule has 1 aliphatic carbocycles. The Morgan fingerprint density at radius 2 is 1.76 bits per heavy atom. The zero-order valence-electron chi connectivity index (χ0n) is 14.7. The van der Waals surface area contributed by atoms with Crippen LogP contribution in [0.15, 0.2) is 48.7 Å². The van der Waals surface area contributed by atoms with Gasteiger partial charge in [0.25, 0.3) is 5.91 Å². The van der Waals surface area contributed by atoms with Gasteiger partial charge < -0.3 is 10.6 Å². The third-order valence-electron chi connectivity index (χ3n) is 4.76. The number of hydrogen-bond donors (Lipinski definition) is 2. The highest BCUT2D eigenvalue weighted by Crippen LogP contribution is 2.20. The number of nitrogens with zero attached hydrogens (tertiary/aromatic N) is 1. The topological polar surface area (TPSA) is 54.0 Å². The molecule has 1 aliphatic rings. The highest BCUT2D eigenvalue weighted by Gasteiger charge is 2.12. The number of aromatic nitrogens is 1. The summed E-state index contributed by atoms with van der Waals surface area (Å²) < 4.78 is 0. The Hall–Kier alpha value is -2.36. The van der Waals surface area contributed by atoms with Crippen LogP contribution in [0.5, 0.6) is 0 Å². The number of pyridine rings is 1. The molecule has 1 aromatic carbocycles. The molecule has 0 atom stereocenters. The van der Waals surface area contributed by atoms with Crippen molar-refractivity contribution < 1.29 is 4.79 Å². The van der Waals surface area contributed by atoms with E-state index in [1.807, 2.05) is 24.3 Å². The summed E-state index contributed by atoms with van der Waals surface area (Å²) in [6.45, 7) is 0.618. The molecule has 1 amide bonds. The molecule has 0 radical (unpaired) electrons. The lowest BCUT2D eigenvalue weighted by Gasteiger charge is -2.17. The van der Waals surface area contributed by atoms with Gasteiger partial charge in [0.15, 0.2) is 0 Å². The van der Waals surface area contributed by atoms with Gasteiger partial charge in [-0.3, -0.25) is 4.79 Å². The van der Waals surface area contributed by atoms with E-state index in [0.717, 1.165) is 12.1 Å². The average Bonchev–Trinajstić information content (AvgIpc) is 2.92. The fourth-order valence-electron chi connectivity index (χ4n) is 3.33. The van der Waals surface area contributed by atoms with Crippen LogP contribution in [0.25, 0.3) is 0 Å². The zero-order chi connectivity index (χ0) is 17.3. The first-order chi connectivity index (χ1) is 12.3. The van der Waals surface area contributed by atoms with E-state index in [-0.39, 0.29) is 5.91 Å². The lowest BCUT2D eigenvalue weighted by molar-refractivity contribution is 0.0949. The van der Waals surface area contributed by atoms with Gasteiger partial charge in [-0.1, -0.05) is 56.0 Å². The summed E-state index contributed by atoms with van der Waals surface area (Å²) in [4.78, 5) is 16.5. The van der Waals surface area contributed by atoms with Gasteiger partial charge in [-0.25, -0.2) is 4.98 Å². The van der Waals surface area contributed by atoms with Crippen molar-refractivity contribution in [2.75, 3.05) is 11.9 Å². The number of benzene rings is 1. The Labute approximate surface area is 150 Å². The Morgan fingerprint density at radius 3 is 2.44 bits per heavy atom. The number of carbonyl (C=O) groups excluding carboxylic acids is 1. The van der Waals surface area contributed by atoms with E-state index in [1.54, 1.807) is 12.3 Å². The third kappa shape index (κ3) is 5.59. The molecule has 3 rings (SSSR count). The van der Waals surface area contributed by atoms with Gasteiger partial charge in [-0.2, -0.15) is 0 Å². The zero-order valence-corrected chi connectivity index (χ0v) is 14.7. The summed E-state index contributed by atoms with van der Waals surface area (Å²) >= 11 is 0. The van der Waals surface area contributed by atoms with Gasteiger partial charge in [0.05, 0.1) is 11.9 Å². The fraction of sp³-hybridized carbons (Fsp3) is 0.429. The molecule has 0 unspecified atom stereocenters. The summed E-state index contributed by atoms with van der Waals surface area (Å²) in [6.07, 6.45) is 10.3. The molecular weight excluding hydrogens is 310 g/mol. The molecule has 1 fully saturated rings. The van der Waals surface area contributed by atoms with E-state index >= 15 is 0 Å². The maximum absolute atomic E-state index is 12.2. The molecule has 1 saturated carbocycles. The number of hydrogen-bond acceptors (Lipinski definition) is 3. The summed E-state index contributed by atoms with van der Waals surface area (Å²) in [6, 6.07) is 14.5. The maximum atomic E-state index is 12.2. The lowest BCUT2D eigenvalue weighted by atomic mass is 10.1. The Bertz CT molecular complexity index is 647. The normalized spacial score (nSPS) is 15.4. The van der Waals surface area contributed by atoms with Crippen LogP contribution >= 0.6 is 0 Å². The van der Waals surface area contributed by atoms with Crippen LogP contribution in [0.3, 0.4) is 0 Å². The molecule has 1 heterocycles. The largest absolute Gasteiger partial charge is 0.381 e. The second-order valence-corrected chi connectivity index (χ2v) is 6.76. The molecule has 0 spiro atoms. The van der Waals surface area contributed by atoms with Crippen LogP contribution in [0, 0.1) is 0 Å². The quantitative estimate of drug-likeness (QED) is 0.777. The van der Waals surface area contributed by atoms with Crippen LogP contribution in [-0.4, -0.2) is 23.5 Å². The van der Waals surface area contributed by atoms with E-state index in [9.17, 15) is 4.79 Å². The van der Waals surface area contributed by atoms with Crippen molar-refractivity contribution in [1.29, 1.82) is 0 Å². The van der Waals surface area contributed by atoms with Crippen LogP contribution < -0.4 is 10.6 Å². The van der Waals surface area contributed by atoms with Gasteiger partial charge in [-0.15, -0.1) is 0 Å². The first-order valence-electron chi connectivity index (χ1n) is 9.36. The minimum absolute atomic E-state index is 0.114. The molecule has 4 heteroatoms. The second kappa shape index (κ2) is 9.21. The van der Waals surface area contributed by atoms with Gasteiger partial charge in [-0.05, 0) is 37.0 Å². The molecule has 1 aromatic heterocycles. The Morgan fingerprint density at radius 1 is 1.00 bits per heavy atom. The van der Waals surface area contributed by atoms with Crippen molar-refractivity contribution in [2.45, 2.75) is 51.0 Å². The molecule has 4 nitrogen and oxygen atoms in total.